The Kier molecular flexibility index (Phi) is 5.64. The molecule has 0 saturated heterocycles. The average molecular weight is 280 g/mol. The van der Waals surface area contributed by atoms with Gasteiger partial charge in [0.15, 0.2) is 0 Å². The molecule has 0 unspecified atom stereocenters. The van der Waals surface area contributed by atoms with Crippen LogP contribution in [0.1, 0.15) is 35.3 Å². The fourth-order valence-electron chi connectivity index (χ4n) is 1.66. The molecule has 1 aromatic heterocycles. The van der Waals surface area contributed by atoms with Crippen molar-refractivity contribution in [3.05, 3.63) is 29.6 Å². The number of amides is 1. The minimum atomic E-state index is -1.20. The number of aliphatic carboxylic acids is 2. The molecule has 20 heavy (non-hydrogen) atoms. The van der Waals surface area contributed by atoms with Gasteiger partial charge < -0.3 is 15.5 Å². The number of carboxylic acids is 2. The molecular weight excluding hydrogens is 264 g/mol. The highest BCUT2D eigenvalue weighted by Gasteiger charge is 2.21. The molecule has 7 heteroatoms. The minimum Gasteiger partial charge on any atom is -0.481 e. The Bertz CT molecular complexity index is 515. The van der Waals surface area contributed by atoms with Crippen molar-refractivity contribution in [2.75, 3.05) is 0 Å². The predicted molar refractivity (Wildman–Crippen MR) is 69.4 cm³/mol. The lowest BCUT2D eigenvalue weighted by Crippen LogP contribution is -2.41. The highest BCUT2D eigenvalue weighted by molar-refractivity contribution is 5.96. The van der Waals surface area contributed by atoms with E-state index in [0.717, 1.165) is 0 Å². The first kappa shape index (κ1) is 15.6. The molecule has 0 spiro atoms. The van der Waals surface area contributed by atoms with Crippen molar-refractivity contribution in [1.29, 1.82) is 0 Å². The van der Waals surface area contributed by atoms with Crippen molar-refractivity contribution < 1.29 is 24.6 Å². The molecule has 7 nitrogen and oxygen atoms in total. The second-order valence-electron chi connectivity index (χ2n) is 4.32. The molecule has 1 aromatic rings. The Morgan fingerprint density at radius 3 is 2.60 bits per heavy atom. The topological polar surface area (TPSA) is 117 Å². The van der Waals surface area contributed by atoms with E-state index in [4.69, 9.17) is 10.2 Å². The molecule has 0 aliphatic heterocycles. The van der Waals surface area contributed by atoms with Gasteiger partial charge in [-0.1, -0.05) is 6.07 Å². The molecule has 1 heterocycles. The van der Waals surface area contributed by atoms with E-state index in [-0.39, 0.29) is 25.0 Å². The van der Waals surface area contributed by atoms with Gasteiger partial charge in [0.05, 0.1) is 0 Å². The Hall–Kier alpha value is -2.44. The smallest absolute Gasteiger partial charge is 0.326 e. The number of hydrogen-bond donors (Lipinski definition) is 3. The maximum atomic E-state index is 11.9. The summed E-state index contributed by atoms with van der Waals surface area (Å²) in [6.45, 7) is 1.70. The van der Waals surface area contributed by atoms with E-state index in [9.17, 15) is 14.4 Å². The molecule has 0 radical (unpaired) electrons. The van der Waals surface area contributed by atoms with E-state index in [1.54, 1.807) is 19.1 Å². The Labute approximate surface area is 115 Å². The van der Waals surface area contributed by atoms with Crippen molar-refractivity contribution in [2.45, 2.75) is 32.2 Å². The molecule has 1 amide bonds. The molecule has 3 N–H and O–H groups in total. The molecule has 1 rings (SSSR count). The van der Waals surface area contributed by atoms with Crippen molar-refractivity contribution in [3.63, 3.8) is 0 Å². The normalized spacial score (nSPS) is 11.7. The fraction of sp³-hybridized carbons (Fsp3) is 0.385. The maximum Gasteiger partial charge on any atom is 0.326 e. The van der Waals surface area contributed by atoms with Gasteiger partial charge in [0.2, 0.25) is 0 Å². The average Bonchev–Trinajstić information content (AvgIpc) is 2.37. The summed E-state index contributed by atoms with van der Waals surface area (Å²) in [6.07, 6.45) is 1.54. The summed E-state index contributed by atoms with van der Waals surface area (Å²) in [7, 11) is 0. The number of aromatic nitrogens is 1. The van der Waals surface area contributed by atoms with E-state index < -0.39 is 23.9 Å². The van der Waals surface area contributed by atoms with E-state index in [1.165, 1.54) is 6.20 Å². The third-order valence-electron chi connectivity index (χ3n) is 2.71. The van der Waals surface area contributed by atoms with E-state index >= 15 is 0 Å². The number of carbonyl (C=O) groups is 3. The van der Waals surface area contributed by atoms with E-state index in [1.807, 2.05) is 0 Å². The molecule has 0 aromatic carbocycles. The van der Waals surface area contributed by atoms with Crippen molar-refractivity contribution in [1.82, 2.24) is 10.3 Å². The number of carboxylic acid groups (broad SMARTS) is 2. The zero-order chi connectivity index (χ0) is 15.1. The Morgan fingerprint density at radius 2 is 2.05 bits per heavy atom. The van der Waals surface area contributed by atoms with E-state index in [2.05, 4.69) is 10.3 Å². The number of pyridine rings is 1. The number of hydrogen-bond acceptors (Lipinski definition) is 4. The van der Waals surface area contributed by atoms with Crippen LogP contribution in [-0.4, -0.2) is 39.1 Å². The van der Waals surface area contributed by atoms with Crippen LogP contribution in [0.5, 0.6) is 0 Å². The molecule has 1 atom stereocenters. The SMILES string of the molecule is Cc1cccnc1C(=O)N[C@H](CCCC(=O)O)C(=O)O. The highest BCUT2D eigenvalue weighted by atomic mass is 16.4. The van der Waals surface area contributed by atoms with Crippen LogP contribution in [0.2, 0.25) is 0 Å². The summed E-state index contributed by atoms with van der Waals surface area (Å²) in [5.41, 5.74) is 0.802. The molecule has 0 aliphatic carbocycles. The zero-order valence-corrected chi connectivity index (χ0v) is 11.0. The number of nitrogens with one attached hydrogen (secondary N) is 1. The zero-order valence-electron chi connectivity index (χ0n) is 11.0. The van der Waals surface area contributed by atoms with Crippen LogP contribution < -0.4 is 5.32 Å². The maximum absolute atomic E-state index is 11.9. The monoisotopic (exact) mass is 280 g/mol. The molecule has 0 fully saturated rings. The first-order valence-corrected chi connectivity index (χ1v) is 6.09. The van der Waals surface area contributed by atoms with Crippen LogP contribution in [0.25, 0.3) is 0 Å². The number of rotatable bonds is 7. The molecule has 0 saturated carbocycles. The van der Waals surface area contributed by atoms with Crippen molar-refractivity contribution in [2.24, 2.45) is 0 Å². The Balaban J connectivity index is 2.66. The Morgan fingerprint density at radius 1 is 1.35 bits per heavy atom. The molecule has 108 valence electrons. The van der Waals surface area contributed by atoms with Gasteiger partial charge >= 0.3 is 11.9 Å². The highest BCUT2D eigenvalue weighted by Crippen LogP contribution is 2.06. The number of carbonyl (C=O) groups excluding carboxylic acids is 1. The van der Waals surface area contributed by atoms with Gasteiger partial charge in [0.25, 0.3) is 5.91 Å². The van der Waals surface area contributed by atoms with Crippen LogP contribution in [0.3, 0.4) is 0 Å². The van der Waals surface area contributed by atoms with Gasteiger partial charge in [-0.05, 0) is 31.4 Å². The second kappa shape index (κ2) is 7.22. The van der Waals surface area contributed by atoms with E-state index in [0.29, 0.717) is 5.56 Å². The summed E-state index contributed by atoms with van der Waals surface area (Å²) in [6, 6.07) is 2.25. The summed E-state index contributed by atoms with van der Waals surface area (Å²) in [4.78, 5) is 37.3. The number of nitrogens with zero attached hydrogens (tertiary/aromatic N) is 1. The van der Waals surface area contributed by atoms with Gasteiger partial charge in [0, 0.05) is 12.6 Å². The van der Waals surface area contributed by atoms with Gasteiger partial charge in [-0.3, -0.25) is 14.6 Å². The van der Waals surface area contributed by atoms with Crippen LogP contribution in [0.15, 0.2) is 18.3 Å². The lowest BCUT2D eigenvalue weighted by atomic mass is 10.1. The van der Waals surface area contributed by atoms with Crippen LogP contribution in [-0.2, 0) is 9.59 Å². The minimum absolute atomic E-state index is 0.0548. The third-order valence-corrected chi connectivity index (χ3v) is 2.71. The van der Waals surface area contributed by atoms with Gasteiger partial charge in [-0.25, -0.2) is 4.79 Å². The first-order valence-electron chi connectivity index (χ1n) is 6.09. The van der Waals surface area contributed by atoms with Crippen LogP contribution >= 0.6 is 0 Å². The van der Waals surface area contributed by atoms with Crippen molar-refractivity contribution in [3.8, 4) is 0 Å². The summed E-state index contributed by atoms with van der Waals surface area (Å²) >= 11 is 0. The molecule has 0 aliphatic rings. The predicted octanol–water partition coefficient (Wildman–Crippen LogP) is 0.828. The van der Waals surface area contributed by atoms with Crippen LogP contribution in [0.4, 0.5) is 0 Å². The third kappa shape index (κ3) is 4.68. The van der Waals surface area contributed by atoms with Crippen molar-refractivity contribution >= 4 is 17.8 Å². The molecule has 0 bridgehead atoms. The van der Waals surface area contributed by atoms with Crippen LogP contribution in [0, 0.1) is 6.92 Å². The quantitative estimate of drug-likeness (QED) is 0.681. The summed E-state index contributed by atoms with van der Waals surface area (Å²) in [5.74, 6) is -2.77. The standard InChI is InChI=1S/C13H16N2O5/c1-8-4-3-7-14-11(8)12(18)15-9(13(19)20)5-2-6-10(16)17/h3-4,7,9H,2,5-6H2,1H3,(H,15,18)(H,16,17)(H,19,20)/t9-/m1/s1. The summed E-state index contributed by atoms with van der Waals surface area (Å²) in [5, 5.41) is 19.9. The summed E-state index contributed by atoms with van der Waals surface area (Å²) < 4.78 is 0. The van der Waals surface area contributed by atoms with Gasteiger partial charge in [-0.2, -0.15) is 0 Å². The lowest BCUT2D eigenvalue weighted by Gasteiger charge is -2.14. The first-order chi connectivity index (χ1) is 9.41. The second-order valence-corrected chi connectivity index (χ2v) is 4.32. The largest absolute Gasteiger partial charge is 0.481 e. The fourth-order valence-corrected chi connectivity index (χ4v) is 1.66. The lowest BCUT2D eigenvalue weighted by molar-refractivity contribution is -0.140. The van der Waals surface area contributed by atoms with Gasteiger partial charge in [0.1, 0.15) is 11.7 Å². The number of aryl methyl sites for hydroxylation is 1. The molecular formula is C13H16N2O5. The van der Waals surface area contributed by atoms with Gasteiger partial charge in [-0.15, -0.1) is 0 Å².